The van der Waals surface area contributed by atoms with Crippen molar-refractivity contribution in [3.05, 3.63) is 77.9 Å². The Morgan fingerprint density at radius 1 is 1.00 bits per heavy atom. The van der Waals surface area contributed by atoms with Crippen LogP contribution >= 0.6 is 0 Å². The predicted octanol–water partition coefficient (Wildman–Crippen LogP) is 4.34. The van der Waals surface area contributed by atoms with Gasteiger partial charge in [-0.25, -0.2) is 0 Å². The van der Waals surface area contributed by atoms with Crippen LogP contribution in [-0.2, 0) is 16.0 Å². The summed E-state index contributed by atoms with van der Waals surface area (Å²) < 4.78 is 0. The van der Waals surface area contributed by atoms with Gasteiger partial charge in [-0.15, -0.1) is 0 Å². The van der Waals surface area contributed by atoms with E-state index in [-0.39, 0.29) is 24.3 Å². The van der Waals surface area contributed by atoms with E-state index >= 15 is 0 Å². The number of hydrogen-bond acceptors (Lipinski definition) is 2. The van der Waals surface area contributed by atoms with Gasteiger partial charge in [0, 0.05) is 26.2 Å². The Hall–Kier alpha value is -3.14. The highest BCUT2D eigenvalue weighted by atomic mass is 16.2. The van der Waals surface area contributed by atoms with Gasteiger partial charge >= 0.3 is 0 Å². The molecule has 3 aromatic rings. The molecule has 0 N–H and O–H groups in total. The quantitative estimate of drug-likeness (QED) is 0.686. The van der Waals surface area contributed by atoms with Crippen LogP contribution in [0.4, 0.5) is 5.69 Å². The normalized spacial score (nSPS) is 15.9. The van der Waals surface area contributed by atoms with Crippen LogP contribution < -0.4 is 4.90 Å². The predicted molar refractivity (Wildman–Crippen MR) is 112 cm³/mol. The van der Waals surface area contributed by atoms with Crippen molar-refractivity contribution in [3.8, 4) is 0 Å². The molecule has 4 nitrogen and oxygen atoms in total. The Morgan fingerprint density at radius 3 is 2.50 bits per heavy atom. The van der Waals surface area contributed by atoms with Crippen LogP contribution in [0, 0.1) is 0 Å². The molecule has 2 amide bonds. The molecule has 28 heavy (non-hydrogen) atoms. The van der Waals surface area contributed by atoms with Gasteiger partial charge in [0.1, 0.15) is 0 Å². The highest BCUT2D eigenvalue weighted by Gasteiger charge is 2.31. The second-order valence-electron chi connectivity index (χ2n) is 7.37. The summed E-state index contributed by atoms with van der Waals surface area (Å²) in [6.07, 6.45) is 1.11. The van der Waals surface area contributed by atoms with Crippen molar-refractivity contribution in [3.63, 3.8) is 0 Å². The monoisotopic (exact) mass is 372 g/mol. The van der Waals surface area contributed by atoms with Gasteiger partial charge in [-0.1, -0.05) is 54.6 Å². The Bertz CT molecular complexity index is 1040. The van der Waals surface area contributed by atoms with Gasteiger partial charge in [0.05, 0.1) is 12.5 Å². The minimum absolute atomic E-state index is 0.00299. The van der Waals surface area contributed by atoms with Crippen molar-refractivity contribution >= 4 is 28.3 Å². The van der Waals surface area contributed by atoms with E-state index in [0.717, 1.165) is 28.4 Å². The van der Waals surface area contributed by atoms with Gasteiger partial charge < -0.3 is 9.80 Å². The van der Waals surface area contributed by atoms with Gasteiger partial charge in [-0.05, 0) is 40.5 Å². The van der Waals surface area contributed by atoms with Crippen LogP contribution in [0.1, 0.15) is 30.5 Å². The Balaban J connectivity index is 1.61. The molecule has 1 aliphatic heterocycles. The largest absolute Gasteiger partial charge is 0.335 e. The lowest BCUT2D eigenvalue weighted by atomic mass is 9.90. The molecule has 0 saturated carbocycles. The molecule has 0 radical (unpaired) electrons. The molecule has 0 aliphatic carbocycles. The lowest BCUT2D eigenvalue weighted by molar-refractivity contribution is -0.132. The summed E-state index contributed by atoms with van der Waals surface area (Å²) in [5, 5.41) is 2.25. The van der Waals surface area contributed by atoms with E-state index in [0.29, 0.717) is 6.54 Å². The van der Waals surface area contributed by atoms with Crippen LogP contribution in [0.2, 0.25) is 0 Å². The number of benzene rings is 3. The number of nitrogens with zero attached hydrogens (tertiary/aromatic N) is 2. The summed E-state index contributed by atoms with van der Waals surface area (Å²) in [5.41, 5.74) is 3.18. The maximum absolute atomic E-state index is 13.1. The second-order valence-corrected chi connectivity index (χ2v) is 7.37. The van der Waals surface area contributed by atoms with Gasteiger partial charge in [0.25, 0.3) is 0 Å². The van der Waals surface area contributed by atoms with E-state index in [1.54, 1.807) is 18.9 Å². The van der Waals surface area contributed by atoms with Crippen LogP contribution in [0.5, 0.6) is 0 Å². The fourth-order valence-electron chi connectivity index (χ4n) is 4.08. The maximum Gasteiger partial charge on any atom is 0.229 e. The highest BCUT2D eigenvalue weighted by molar-refractivity contribution is 5.96. The first-order valence-corrected chi connectivity index (χ1v) is 9.65. The zero-order valence-corrected chi connectivity index (χ0v) is 16.3. The van der Waals surface area contributed by atoms with Crippen LogP contribution in [0.25, 0.3) is 10.8 Å². The molecule has 1 atom stereocenters. The smallest absolute Gasteiger partial charge is 0.229 e. The third kappa shape index (κ3) is 3.38. The molecule has 1 heterocycles. The topological polar surface area (TPSA) is 40.6 Å². The Labute approximate surface area is 165 Å². The summed E-state index contributed by atoms with van der Waals surface area (Å²) in [6.45, 7) is 2.24. The number of carbonyl (C=O) groups is 2. The van der Waals surface area contributed by atoms with E-state index in [1.165, 1.54) is 5.56 Å². The third-order valence-corrected chi connectivity index (χ3v) is 5.68. The van der Waals surface area contributed by atoms with Crippen LogP contribution in [0.15, 0.2) is 66.7 Å². The summed E-state index contributed by atoms with van der Waals surface area (Å²) in [4.78, 5) is 28.8. The SMILES string of the molecule is CC(=O)N1CCc2ccccc2C1CC(=O)N(C)c1ccc2ccccc2c1. The first-order chi connectivity index (χ1) is 13.5. The van der Waals surface area contributed by atoms with E-state index in [1.807, 2.05) is 59.5 Å². The van der Waals surface area contributed by atoms with Crippen LogP contribution in [0.3, 0.4) is 0 Å². The molecule has 0 spiro atoms. The van der Waals surface area contributed by atoms with Gasteiger partial charge in [-0.3, -0.25) is 9.59 Å². The van der Waals surface area contributed by atoms with Gasteiger partial charge in [0.15, 0.2) is 0 Å². The number of carbonyl (C=O) groups excluding carboxylic acids is 2. The number of hydrogen-bond donors (Lipinski definition) is 0. The zero-order chi connectivity index (χ0) is 19.7. The summed E-state index contributed by atoms with van der Waals surface area (Å²) in [7, 11) is 1.80. The molecule has 142 valence electrons. The molecule has 1 aliphatic rings. The maximum atomic E-state index is 13.1. The number of fused-ring (bicyclic) bond motifs is 2. The second kappa shape index (κ2) is 7.47. The minimum Gasteiger partial charge on any atom is -0.335 e. The van der Waals surface area contributed by atoms with Gasteiger partial charge in [-0.2, -0.15) is 0 Å². The van der Waals surface area contributed by atoms with E-state index in [4.69, 9.17) is 0 Å². The molecule has 4 rings (SSSR count). The van der Waals surface area contributed by atoms with E-state index in [9.17, 15) is 9.59 Å². The molecular weight excluding hydrogens is 348 g/mol. The minimum atomic E-state index is -0.210. The third-order valence-electron chi connectivity index (χ3n) is 5.68. The average Bonchev–Trinajstić information content (AvgIpc) is 2.72. The summed E-state index contributed by atoms with van der Waals surface area (Å²) >= 11 is 0. The molecule has 4 heteroatoms. The summed E-state index contributed by atoms with van der Waals surface area (Å²) in [5.74, 6) is 0.0175. The lowest BCUT2D eigenvalue weighted by Crippen LogP contribution is -2.41. The van der Waals surface area contributed by atoms with Gasteiger partial charge in [0.2, 0.25) is 11.8 Å². The first kappa shape index (κ1) is 18.2. The number of amides is 2. The zero-order valence-electron chi connectivity index (χ0n) is 16.3. The van der Waals surface area contributed by atoms with Crippen molar-refractivity contribution in [2.45, 2.75) is 25.8 Å². The van der Waals surface area contributed by atoms with Crippen molar-refractivity contribution in [2.24, 2.45) is 0 Å². The fraction of sp³-hybridized carbons (Fsp3) is 0.250. The van der Waals surface area contributed by atoms with E-state index in [2.05, 4.69) is 12.1 Å². The van der Waals surface area contributed by atoms with Crippen molar-refractivity contribution in [2.75, 3.05) is 18.5 Å². The molecule has 3 aromatic carbocycles. The Morgan fingerprint density at radius 2 is 1.71 bits per heavy atom. The molecular formula is C24H24N2O2. The molecule has 0 saturated heterocycles. The molecule has 0 aromatic heterocycles. The average molecular weight is 372 g/mol. The van der Waals surface area contributed by atoms with Crippen molar-refractivity contribution in [1.29, 1.82) is 0 Å². The van der Waals surface area contributed by atoms with Crippen molar-refractivity contribution in [1.82, 2.24) is 4.90 Å². The molecule has 1 unspecified atom stereocenters. The highest BCUT2D eigenvalue weighted by Crippen LogP contribution is 2.33. The fourth-order valence-corrected chi connectivity index (χ4v) is 4.08. The van der Waals surface area contributed by atoms with Crippen molar-refractivity contribution < 1.29 is 9.59 Å². The lowest BCUT2D eigenvalue weighted by Gasteiger charge is -2.37. The van der Waals surface area contributed by atoms with Crippen LogP contribution in [-0.4, -0.2) is 30.3 Å². The first-order valence-electron chi connectivity index (χ1n) is 9.65. The molecule has 0 fully saturated rings. The van der Waals surface area contributed by atoms with E-state index < -0.39 is 0 Å². The Kier molecular flexibility index (Phi) is 4.86. The summed E-state index contributed by atoms with van der Waals surface area (Å²) in [6, 6.07) is 22.1. The molecule has 0 bridgehead atoms. The number of rotatable bonds is 3. The number of anilines is 1. The standard InChI is InChI=1S/C24H24N2O2/c1-17(27)26-14-13-19-8-5-6-10-22(19)23(26)16-24(28)25(2)21-12-11-18-7-3-4-9-20(18)15-21/h3-12,15,23H,13-14,16H2,1-2H3.